The minimum atomic E-state index is -0.0706. The van der Waals surface area contributed by atoms with Crippen LogP contribution in [0.2, 0.25) is 0 Å². The molecule has 1 amide bonds. The third kappa shape index (κ3) is 3.26. The van der Waals surface area contributed by atoms with Gasteiger partial charge < -0.3 is 15.2 Å². The zero-order chi connectivity index (χ0) is 14.7. The molecular formula is C15H25N5O. The second kappa shape index (κ2) is 6.56. The molecule has 0 aromatic carbocycles. The van der Waals surface area contributed by atoms with E-state index < -0.39 is 0 Å². The Labute approximate surface area is 125 Å². The van der Waals surface area contributed by atoms with Crippen molar-refractivity contribution >= 4 is 5.91 Å². The summed E-state index contributed by atoms with van der Waals surface area (Å²) < 4.78 is 2.21. The van der Waals surface area contributed by atoms with E-state index in [1.165, 1.54) is 19.3 Å². The van der Waals surface area contributed by atoms with E-state index in [0.717, 1.165) is 50.5 Å². The highest BCUT2D eigenvalue weighted by Crippen LogP contribution is 2.19. The largest absolute Gasteiger partial charge is 0.346 e. The summed E-state index contributed by atoms with van der Waals surface area (Å²) >= 11 is 0. The van der Waals surface area contributed by atoms with E-state index in [4.69, 9.17) is 0 Å². The zero-order valence-electron chi connectivity index (χ0n) is 12.8. The van der Waals surface area contributed by atoms with E-state index in [1.807, 2.05) is 6.92 Å². The van der Waals surface area contributed by atoms with Crippen molar-refractivity contribution in [2.75, 3.05) is 13.1 Å². The molecule has 6 nitrogen and oxygen atoms in total. The first-order chi connectivity index (χ1) is 10.3. The van der Waals surface area contributed by atoms with Gasteiger partial charge in [0.2, 0.25) is 5.91 Å². The number of carbonyl (C=O) groups is 1. The molecule has 116 valence electrons. The van der Waals surface area contributed by atoms with Crippen LogP contribution in [0.5, 0.6) is 0 Å². The normalized spacial score (nSPS) is 24.0. The Morgan fingerprint density at radius 2 is 2.24 bits per heavy atom. The Balaban J connectivity index is 1.66. The molecule has 3 heterocycles. The maximum absolute atomic E-state index is 12.3. The number of amides is 1. The van der Waals surface area contributed by atoms with E-state index in [9.17, 15) is 4.79 Å². The summed E-state index contributed by atoms with van der Waals surface area (Å²) in [7, 11) is 0. The highest BCUT2D eigenvalue weighted by atomic mass is 16.2. The highest BCUT2D eigenvalue weighted by molar-refractivity contribution is 5.79. The van der Waals surface area contributed by atoms with Crippen LogP contribution in [0.1, 0.15) is 56.7 Å². The number of fused-ring (bicyclic) bond motifs is 1. The Morgan fingerprint density at radius 1 is 1.33 bits per heavy atom. The van der Waals surface area contributed by atoms with Crippen molar-refractivity contribution in [2.45, 2.75) is 58.0 Å². The van der Waals surface area contributed by atoms with E-state index in [2.05, 4.69) is 25.4 Å². The number of aryl methyl sites for hydroxylation is 1. The Kier molecular flexibility index (Phi) is 4.53. The smallest absolute Gasteiger partial charge is 0.224 e. The van der Waals surface area contributed by atoms with Crippen molar-refractivity contribution in [3.8, 4) is 0 Å². The molecule has 0 aliphatic carbocycles. The standard InChI is InChI=1S/C15H25N5O/c1-11(17-15(21)12-6-5-8-16-10-12)14-19-18-13-7-3-2-4-9-20(13)14/h11-12,16H,2-10H2,1H3,(H,17,21). The van der Waals surface area contributed by atoms with Gasteiger partial charge in [0, 0.05) is 19.5 Å². The molecule has 6 heteroatoms. The van der Waals surface area contributed by atoms with Crippen LogP contribution in [0.4, 0.5) is 0 Å². The summed E-state index contributed by atoms with van der Waals surface area (Å²) in [5.41, 5.74) is 0. The van der Waals surface area contributed by atoms with Gasteiger partial charge in [0.25, 0.3) is 0 Å². The number of rotatable bonds is 3. The lowest BCUT2D eigenvalue weighted by Gasteiger charge is -2.24. The SMILES string of the molecule is CC(NC(=O)C1CCCNC1)c1nnc2n1CCCCC2. The van der Waals surface area contributed by atoms with Crippen LogP contribution in [0.15, 0.2) is 0 Å². The monoisotopic (exact) mass is 291 g/mol. The van der Waals surface area contributed by atoms with E-state index in [-0.39, 0.29) is 17.9 Å². The van der Waals surface area contributed by atoms with Crippen molar-refractivity contribution in [1.82, 2.24) is 25.4 Å². The second-order valence-electron chi connectivity index (χ2n) is 6.21. The molecule has 0 saturated carbocycles. The molecule has 1 aromatic heterocycles. The summed E-state index contributed by atoms with van der Waals surface area (Å²) in [6, 6.07) is -0.0706. The number of piperidine rings is 1. The van der Waals surface area contributed by atoms with Crippen LogP contribution in [0.25, 0.3) is 0 Å². The topological polar surface area (TPSA) is 71.8 Å². The minimum absolute atomic E-state index is 0.0706. The van der Waals surface area contributed by atoms with Gasteiger partial charge in [0.05, 0.1) is 12.0 Å². The number of hydrogen-bond donors (Lipinski definition) is 2. The molecule has 2 N–H and O–H groups in total. The second-order valence-corrected chi connectivity index (χ2v) is 6.21. The maximum atomic E-state index is 12.3. The Hall–Kier alpha value is -1.43. The van der Waals surface area contributed by atoms with Crippen molar-refractivity contribution in [3.63, 3.8) is 0 Å². The quantitative estimate of drug-likeness (QED) is 0.877. The molecule has 1 fully saturated rings. The fourth-order valence-electron chi connectivity index (χ4n) is 3.30. The van der Waals surface area contributed by atoms with Crippen LogP contribution >= 0.6 is 0 Å². The van der Waals surface area contributed by atoms with Gasteiger partial charge in [-0.15, -0.1) is 10.2 Å². The molecule has 2 atom stereocenters. The molecule has 2 aliphatic rings. The summed E-state index contributed by atoms with van der Waals surface area (Å²) in [6.45, 7) is 4.80. The van der Waals surface area contributed by atoms with Gasteiger partial charge in [-0.25, -0.2) is 0 Å². The van der Waals surface area contributed by atoms with E-state index >= 15 is 0 Å². The summed E-state index contributed by atoms with van der Waals surface area (Å²) in [5.74, 6) is 2.21. The first-order valence-electron chi connectivity index (χ1n) is 8.19. The number of aromatic nitrogens is 3. The highest BCUT2D eigenvalue weighted by Gasteiger charge is 2.25. The maximum Gasteiger partial charge on any atom is 0.224 e. The van der Waals surface area contributed by atoms with Gasteiger partial charge in [-0.1, -0.05) is 6.42 Å². The summed E-state index contributed by atoms with van der Waals surface area (Å²) in [4.78, 5) is 12.3. The number of nitrogens with zero attached hydrogens (tertiary/aromatic N) is 3. The van der Waals surface area contributed by atoms with Crippen LogP contribution in [0, 0.1) is 5.92 Å². The first-order valence-corrected chi connectivity index (χ1v) is 8.19. The molecule has 0 radical (unpaired) electrons. The average molecular weight is 291 g/mol. The minimum Gasteiger partial charge on any atom is -0.346 e. The molecule has 0 bridgehead atoms. The summed E-state index contributed by atoms with van der Waals surface area (Å²) in [6.07, 6.45) is 6.66. The van der Waals surface area contributed by atoms with Crippen molar-refractivity contribution in [1.29, 1.82) is 0 Å². The van der Waals surface area contributed by atoms with Crippen LogP contribution < -0.4 is 10.6 Å². The number of carbonyl (C=O) groups excluding carboxylic acids is 1. The fourth-order valence-corrected chi connectivity index (χ4v) is 3.30. The van der Waals surface area contributed by atoms with Crippen LogP contribution in [-0.4, -0.2) is 33.8 Å². The van der Waals surface area contributed by atoms with E-state index in [1.54, 1.807) is 0 Å². The lowest BCUT2D eigenvalue weighted by Crippen LogP contribution is -2.41. The first kappa shape index (κ1) is 14.5. The van der Waals surface area contributed by atoms with Crippen molar-refractivity contribution in [3.05, 3.63) is 11.6 Å². The van der Waals surface area contributed by atoms with E-state index in [0.29, 0.717) is 0 Å². The molecule has 2 aliphatic heterocycles. The summed E-state index contributed by atoms with van der Waals surface area (Å²) in [5, 5.41) is 15.0. The van der Waals surface area contributed by atoms with Crippen molar-refractivity contribution in [2.24, 2.45) is 5.92 Å². The molecule has 3 rings (SSSR count). The average Bonchev–Trinajstić information content (AvgIpc) is 2.77. The predicted molar refractivity (Wildman–Crippen MR) is 79.7 cm³/mol. The molecule has 1 saturated heterocycles. The molecule has 0 spiro atoms. The zero-order valence-corrected chi connectivity index (χ0v) is 12.8. The Bertz CT molecular complexity index is 492. The van der Waals surface area contributed by atoms with Gasteiger partial charge in [-0.3, -0.25) is 4.79 Å². The van der Waals surface area contributed by atoms with Crippen LogP contribution in [-0.2, 0) is 17.8 Å². The van der Waals surface area contributed by atoms with Crippen molar-refractivity contribution < 1.29 is 4.79 Å². The van der Waals surface area contributed by atoms with Gasteiger partial charge in [-0.2, -0.15) is 0 Å². The third-order valence-electron chi connectivity index (χ3n) is 4.55. The molecule has 2 unspecified atom stereocenters. The fraction of sp³-hybridized carbons (Fsp3) is 0.800. The molecular weight excluding hydrogens is 266 g/mol. The molecule has 1 aromatic rings. The molecule has 21 heavy (non-hydrogen) atoms. The van der Waals surface area contributed by atoms with Crippen LogP contribution in [0.3, 0.4) is 0 Å². The van der Waals surface area contributed by atoms with Gasteiger partial charge in [-0.05, 0) is 39.2 Å². The van der Waals surface area contributed by atoms with Gasteiger partial charge in [0.15, 0.2) is 5.82 Å². The lowest BCUT2D eigenvalue weighted by molar-refractivity contribution is -0.126. The number of nitrogens with one attached hydrogen (secondary N) is 2. The number of hydrogen-bond acceptors (Lipinski definition) is 4. The Morgan fingerprint density at radius 3 is 3.05 bits per heavy atom. The van der Waals surface area contributed by atoms with Gasteiger partial charge in [0.1, 0.15) is 5.82 Å². The lowest BCUT2D eigenvalue weighted by atomic mass is 9.98. The predicted octanol–water partition coefficient (Wildman–Crippen LogP) is 1.18. The van der Waals surface area contributed by atoms with Gasteiger partial charge >= 0.3 is 0 Å². The third-order valence-corrected chi connectivity index (χ3v) is 4.55.